The molecule has 16 nitrogen and oxygen atoms in total. The molecule has 1 aromatic heterocycles. The third-order valence-electron chi connectivity index (χ3n) is 12.1. The number of amides is 5. The van der Waals surface area contributed by atoms with E-state index in [2.05, 4.69) is 42.3 Å². The van der Waals surface area contributed by atoms with Crippen LogP contribution < -0.4 is 25.6 Å². The molecule has 0 bridgehead atoms. The summed E-state index contributed by atoms with van der Waals surface area (Å²) in [5.74, 6) is -0.734. The molecule has 5 aliphatic heterocycles. The number of aromatic hydroxyl groups is 1. The van der Waals surface area contributed by atoms with Gasteiger partial charge in [0, 0.05) is 69.4 Å². The highest BCUT2D eigenvalue weighted by atomic mass is 16.5. The summed E-state index contributed by atoms with van der Waals surface area (Å²) in [7, 11) is 0. The van der Waals surface area contributed by atoms with Gasteiger partial charge in [0.15, 0.2) is 5.82 Å². The number of benzene rings is 3. The number of rotatable bonds is 9. The van der Waals surface area contributed by atoms with Crippen LogP contribution in [0.1, 0.15) is 52.0 Å². The van der Waals surface area contributed by atoms with Gasteiger partial charge in [0.25, 0.3) is 11.8 Å². The second kappa shape index (κ2) is 15.7. The molecule has 304 valence electrons. The maximum atomic E-state index is 13.6. The molecular weight excluding hydrogens is 755 g/mol. The number of aromatic nitrogens is 2. The number of nitrogen functional groups attached to an aromatic ring is 1. The number of carbonyl (C=O) groups is 5. The van der Waals surface area contributed by atoms with E-state index in [4.69, 9.17) is 10.5 Å². The number of imide groups is 2. The third-order valence-corrected chi connectivity index (χ3v) is 12.1. The summed E-state index contributed by atoms with van der Waals surface area (Å²) >= 11 is 0. The molecule has 1 atom stereocenters. The maximum absolute atomic E-state index is 13.6. The predicted molar refractivity (Wildman–Crippen MR) is 217 cm³/mol. The van der Waals surface area contributed by atoms with Crippen LogP contribution in [0.15, 0.2) is 72.8 Å². The summed E-state index contributed by atoms with van der Waals surface area (Å²) in [5, 5.41) is 20.8. The highest BCUT2D eigenvalue weighted by molar-refractivity contribution is 6.23. The number of piperazine rings is 1. The molecule has 59 heavy (non-hydrogen) atoms. The zero-order valence-electron chi connectivity index (χ0n) is 32.5. The molecule has 4 saturated heterocycles. The quantitative estimate of drug-likeness (QED) is 0.210. The number of fused-ring (bicyclic) bond motifs is 1. The van der Waals surface area contributed by atoms with Gasteiger partial charge in [-0.2, -0.15) is 0 Å². The standard InChI is InChI=1S/C43H45N9O7/c44-39-36(22-34(46-47-39)32-6-1-2-7-37(32)53)51-24-30(25-51)59-29-5-3-4-26(20-29)23-48-16-18-50(19-17-48)41(56)27-12-14-49(15-13-27)28-8-9-31-33(21-28)43(58)52(42(31)57)35-10-11-38(54)45-40(35)55/h1-9,20-22,27,30,35,53H,10-19,23-25H2,(H2,44,47)(H,45,54,55). The summed E-state index contributed by atoms with van der Waals surface area (Å²) in [5.41, 5.74) is 10.5. The van der Waals surface area contributed by atoms with E-state index in [-0.39, 0.29) is 47.6 Å². The number of ether oxygens (including phenoxy) is 1. The second-order valence-electron chi connectivity index (χ2n) is 15.8. The fraction of sp³-hybridized carbons (Fsp3) is 0.372. The molecule has 4 fully saturated rings. The number of hydrogen-bond donors (Lipinski definition) is 3. The molecule has 0 radical (unpaired) electrons. The lowest BCUT2D eigenvalue weighted by Crippen LogP contribution is -2.54. The van der Waals surface area contributed by atoms with Crippen molar-refractivity contribution >= 4 is 46.7 Å². The number of para-hydroxylation sites is 1. The highest BCUT2D eigenvalue weighted by Gasteiger charge is 2.45. The van der Waals surface area contributed by atoms with Gasteiger partial charge in [-0.3, -0.25) is 39.1 Å². The molecule has 9 rings (SSSR count). The Morgan fingerprint density at radius 1 is 0.797 bits per heavy atom. The lowest BCUT2D eigenvalue weighted by Gasteiger charge is -2.41. The van der Waals surface area contributed by atoms with Gasteiger partial charge in [0.1, 0.15) is 23.6 Å². The van der Waals surface area contributed by atoms with Crippen molar-refractivity contribution in [1.29, 1.82) is 0 Å². The molecule has 4 aromatic rings. The van der Waals surface area contributed by atoms with E-state index in [0.29, 0.717) is 69.2 Å². The van der Waals surface area contributed by atoms with E-state index < -0.39 is 29.7 Å². The Balaban J connectivity index is 0.729. The smallest absolute Gasteiger partial charge is 0.262 e. The molecule has 16 heteroatoms. The SMILES string of the molecule is Nc1nnc(-c2ccccc2O)cc1N1CC(Oc2cccc(CN3CCN(C(=O)C4CCN(c5ccc6c(c5)C(=O)N(C5CCC(=O)NC5=O)C6=O)CC4)CC3)c2)C1. The van der Waals surface area contributed by atoms with Gasteiger partial charge in [0.05, 0.1) is 35.6 Å². The minimum absolute atomic E-state index is 0.0195. The summed E-state index contributed by atoms with van der Waals surface area (Å²) in [6.07, 6.45) is 1.53. The van der Waals surface area contributed by atoms with E-state index in [1.807, 2.05) is 35.2 Å². The number of nitrogens with two attached hydrogens (primary N) is 1. The molecular formula is C43H45N9O7. The lowest BCUT2D eigenvalue weighted by molar-refractivity contribution is -0.138. The minimum atomic E-state index is -1.00. The summed E-state index contributed by atoms with van der Waals surface area (Å²) in [4.78, 5) is 73.7. The number of anilines is 3. The second-order valence-corrected chi connectivity index (χ2v) is 15.8. The van der Waals surface area contributed by atoms with Crippen molar-refractivity contribution < 1.29 is 33.8 Å². The van der Waals surface area contributed by atoms with Crippen molar-refractivity contribution in [2.75, 3.05) is 67.9 Å². The fourth-order valence-electron chi connectivity index (χ4n) is 8.77. The summed E-state index contributed by atoms with van der Waals surface area (Å²) < 4.78 is 6.33. The number of phenolic OH excluding ortho intramolecular Hbond substituents is 1. The van der Waals surface area contributed by atoms with Crippen LogP contribution in [0, 0.1) is 5.92 Å². The van der Waals surface area contributed by atoms with Crippen LogP contribution in [0.2, 0.25) is 0 Å². The topological polar surface area (TPSA) is 195 Å². The number of nitrogens with one attached hydrogen (secondary N) is 1. The van der Waals surface area contributed by atoms with Crippen molar-refractivity contribution in [1.82, 2.24) is 30.2 Å². The van der Waals surface area contributed by atoms with Crippen molar-refractivity contribution in [2.45, 2.75) is 44.4 Å². The van der Waals surface area contributed by atoms with E-state index >= 15 is 0 Å². The number of carbonyl (C=O) groups excluding carboxylic acids is 5. The average molecular weight is 800 g/mol. The Morgan fingerprint density at radius 2 is 1.56 bits per heavy atom. The monoisotopic (exact) mass is 799 g/mol. The molecule has 0 saturated carbocycles. The molecule has 0 aliphatic carbocycles. The fourth-order valence-corrected chi connectivity index (χ4v) is 8.77. The van der Waals surface area contributed by atoms with Crippen molar-refractivity contribution in [3.63, 3.8) is 0 Å². The Kier molecular flexibility index (Phi) is 10.1. The van der Waals surface area contributed by atoms with Gasteiger partial charge in [-0.1, -0.05) is 24.3 Å². The number of hydrogen-bond acceptors (Lipinski definition) is 13. The maximum Gasteiger partial charge on any atom is 0.262 e. The Labute approximate surface area is 340 Å². The zero-order valence-corrected chi connectivity index (χ0v) is 32.5. The highest BCUT2D eigenvalue weighted by Crippen LogP contribution is 2.35. The van der Waals surface area contributed by atoms with Crippen molar-refractivity contribution in [2.24, 2.45) is 5.92 Å². The number of phenols is 1. The third kappa shape index (κ3) is 7.51. The van der Waals surface area contributed by atoms with Crippen LogP contribution in [0.25, 0.3) is 11.3 Å². The molecule has 5 amide bonds. The van der Waals surface area contributed by atoms with Crippen LogP contribution in [-0.4, -0.2) is 124 Å². The number of nitrogens with zero attached hydrogens (tertiary/aromatic N) is 7. The van der Waals surface area contributed by atoms with E-state index in [1.54, 1.807) is 30.3 Å². The minimum Gasteiger partial charge on any atom is -0.507 e. The van der Waals surface area contributed by atoms with Gasteiger partial charge >= 0.3 is 0 Å². The number of piperidine rings is 2. The van der Waals surface area contributed by atoms with E-state index in [9.17, 15) is 29.1 Å². The van der Waals surface area contributed by atoms with E-state index in [0.717, 1.165) is 47.2 Å². The van der Waals surface area contributed by atoms with Gasteiger partial charge in [-0.05, 0) is 73.4 Å². The van der Waals surface area contributed by atoms with Crippen LogP contribution in [0.4, 0.5) is 17.2 Å². The normalized spacial score (nSPS) is 20.4. The first-order chi connectivity index (χ1) is 28.6. The van der Waals surface area contributed by atoms with E-state index in [1.165, 1.54) is 0 Å². The average Bonchev–Trinajstić information content (AvgIpc) is 3.47. The van der Waals surface area contributed by atoms with Crippen molar-refractivity contribution in [3.05, 3.63) is 89.5 Å². The van der Waals surface area contributed by atoms with Crippen LogP contribution in [0.3, 0.4) is 0 Å². The Bertz CT molecular complexity index is 2330. The summed E-state index contributed by atoms with van der Waals surface area (Å²) in [6, 6.07) is 21.1. The van der Waals surface area contributed by atoms with Gasteiger partial charge < -0.3 is 30.3 Å². The largest absolute Gasteiger partial charge is 0.507 e. The molecule has 4 N–H and O–H groups in total. The molecule has 1 unspecified atom stereocenters. The molecule has 0 spiro atoms. The van der Waals surface area contributed by atoms with Crippen molar-refractivity contribution in [3.8, 4) is 22.8 Å². The first-order valence-corrected chi connectivity index (χ1v) is 20.1. The van der Waals surface area contributed by atoms with Gasteiger partial charge in [0.2, 0.25) is 17.7 Å². The zero-order chi connectivity index (χ0) is 40.8. The van der Waals surface area contributed by atoms with Crippen LogP contribution in [0.5, 0.6) is 11.5 Å². The Hall–Kier alpha value is -6.55. The summed E-state index contributed by atoms with van der Waals surface area (Å²) in [6.45, 7) is 6.18. The predicted octanol–water partition coefficient (Wildman–Crippen LogP) is 2.66. The first kappa shape index (κ1) is 38.0. The first-order valence-electron chi connectivity index (χ1n) is 20.1. The lowest BCUT2D eigenvalue weighted by atomic mass is 9.94. The molecule has 3 aromatic carbocycles. The Morgan fingerprint density at radius 3 is 2.32 bits per heavy atom. The van der Waals surface area contributed by atoms with Crippen LogP contribution in [-0.2, 0) is 20.9 Å². The van der Waals surface area contributed by atoms with Crippen LogP contribution >= 0.6 is 0 Å². The molecule has 6 heterocycles. The molecule has 5 aliphatic rings. The van der Waals surface area contributed by atoms with Gasteiger partial charge in [-0.15, -0.1) is 10.2 Å². The van der Waals surface area contributed by atoms with Gasteiger partial charge in [-0.25, -0.2) is 0 Å².